The Morgan fingerprint density at radius 1 is 1.35 bits per heavy atom. The second-order valence-corrected chi connectivity index (χ2v) is 4.53. The van der Waals surface area contributed by atoms with Gasteiger partial charge in [-0.1, -0.05) is 20.3 Å². The predicted octanol–water partition coefficient (Wildman–Crippen LogP) is 1.38. The highest BCUT2D eigenvalue weighted by molar-refractivity contribution is 5.83. The SMILES string of the molecule is CCC(C)[C@H](NC(=O)N1CCCC1)C(=O)OC. The highest BCUT2D eigenvalue weighted by atomic mass is 16.5. The third-order valence-electron chi connectivity index (χ3n) is 3.34. The molecule has 1 unspecified atom stereocenters. The average molecular weight is 242 g/mol. The van der Waals surface area contributed by atoms with Gasteiger partial charge >= 0.3 is 12.0 Å². The number of hydrogen-bond donors (Lipinski definition) is 1. The summed E-state index contributed by atoms with van der Waals surface area (Å²) in [5, 5.41) is 2.77. The first kappa shape index (κ1) is 13.8. The Morgan fingerprint density at radius 2 is 1.94 bits per heavy atom. The molecule has 5 heteroatoms. The van der Waals surface area contributed by atoms with Crippen LogP contribution in [0.4, 0.5) is 4.79 Å². The Hall–Kier alpha value is -1.26. The molecule has 0 spiro atoms. The summed E-state index contributed by atoms with van der Waals surface area (Å²) >= 11 is 0. The molecule has 2 atom stereocenters. The summed E-state index contributed by atoms with van der Waals surface area (Å²) in [5.41, 5.74) is 0. The number of nitrogens with zero attached hydrogens (tertiary/aromatic N) is 1. The molecule has 98 valence electrons. The van der Waals surface area contributed by atoms with Gasteiger partial charge in [-0.05, 0) is 18.8 Å². The van der Waals surface area contributed by atoms with E-state index in [4.69, 9.17) is 4.74 Å². The molecular weight excluding hydrogens is 220 g/mol. The zero-order valence-corrected chi connectivity index (χ0v) is 10.9. The average Bonchev–Trinajstić information content (AvgIpc) is 2.87. The Bertz CT molecular complexity index is 275. The summed E-state index contributed by atoms with van der Waals surface area (Å²) in [7, 11) is 1.35. The fourth-order valence-electron chi connectivity index (χ4n) is 1.94. The number of carbonyl (C=O) groups excluding carboxylic acids is 2. The Morgan fingerprint density at radius 3 is 2.41 bits per heavy atom. The zero-order chi connectivity index (χ0) is 12.8. The molecule has 0 aliphatic carbocycles. The molecule has 0 saturated carbocycles. The van der Waals surface area contributed by atoms with Gasteiger partial charge in [0.25, 0.3) is 0 Å². The van der Waals surface area contributed by atoms with E-state index < -0.39 is 6.04 Å². The van der Waals surface area contributed by atoms with E-state index in [0.29, 0.717) is 0 Å². The standard InChI is InChI=1S/C12H22N2O3/c1-4-9(2)10(11(15)17-3)13-12(16)14-7-5-6-8-14/h9-10H,4-8H2,1-3H3,(H,13,16)/t9?,10-/m0/s1. The number of methoxy groups -OCH3 is 1. The van der Waals surface area contributed by atoms with Crippen molar-refractivity contribution in [3.63, 3.8) is 0 Å². The van der Waals surface area contributed by atoms with Crippen molar-refractivity contribution in [3.8, 4) is 0 Å². The Kier molecular flexibility index (Phi) is 5.25. The van der Waals surface area contributed by atoms with Crippen LogP contribution in [0.3, 0.4) is 0 Å². The number of hydrogen-bond acceptors (Lipinski definition) is 3. The van der Waals surface area contributed by atoms with Crippen LogP contribution in [0.25, 0.3) is 0 Å². The molecule has 5 nitrogen and oxygen atoms in total. The van der Waals surface area contributed by atoms with Gasteiger partial charge < -0.3 is 15.0 Å². The summed E-state index contributed by atoms with van der Waals surface area (Å²) < 4.78 is 4.73. The third kappa shape index (κ3) is 3.61. The molecule has 1 aliphatic rings. The van der Waals surface area contributed by atoms with Crippen molar-refractivity contribution in [1.82, 2.24) is 10.2 Å². The number of nitrogens with one attached hydrogen (secondary N) is 1. The smallest absolute Gasteiger partial charge is 0.328 e. The van der Waals surface area contributed by atoms with Gasteiger partial charge in [0.2, 0.25) is 0 Å². The van der Waals surface area contributed by atoms with Crippen molar-refractivity contribution >= 4 is 12.0 Å². The summed E-state index contributed by atoms with van der Waals surface area (Å²) in [4.78, 5) is 25.3. The molecule has 1 saturated heterocycles. The lowest BCUT2D eigenvalue weighted by Crippen LogP contribution is -2.50. The summed E-state index contributed by atoms with van der Waals surface area (Å²) in [5.74, 6) is -0.291. The second-order valence-electron chi connectivity index (χ2n) is 4.53. The maximum Gasteiger partial charge on any atom is 0.328 e. The van der Waals surface area contributed by atoms with Crippen molar-refractivity contribution in [2.24, 2.45) is 5.92 Å². The maximum atomic E-state index is 11.9. The van der Waals surface area contributed by atoms with Crippen molar-refractivity contribution in [2.75, 3.05) is 20.2 Å². The highest BCUT2D eigenvalue weighted by Crippen LogP contribution is 2.12. The van der Waals surface area contributed by atoms with E-state index in [1.165, 1.54) is 7.11 Å². The lowest BCUT2D eigenvalue weighted by atomic mass is 9.99. The quantitative estimate of drug-likeness (QED) is 0.758. The van der Waals surface area contributed by atoms with E-state index in [1.54, 1.807) is 4.90 Å². The van der Waals surface area contributed by atoms with Crippen LogP contribution in [0.5, 0.6) is 0 Å². The fourth-order valence-corrected chi connectivity index (χ4v) is 1.94. The number of likely N-dealkylation sites (tertiary alicyclic amines) is 1. The zero-order valence-electron chi connectivity index (χ0n) is 10.9. The molecule has 17 heavy (non-hydrogen) atoms. The minimum atomic E-state index is -0.543. The van der Waals surface area contributed by atoms with Gasteiger partial charge in [-0.15, -0.1) is 0 Å². The summed E-state index contributed by atoms with van der Waals surface area (Å²) in [6.45, 7) is 5.48. The molecule has 1 N–H and O–H groups in total. The van der Waals surface area contributed by atoms with Gasteiger partial charge in [-0.2, -0.15) is 0 Å². The van der Waals surface area contributed by atoms with E-state index >= 15 is 0 Å². The topological polar surface area (TPSA) is 58.6 Å². The van der Waals surface area contributed by atoms with Crippen molar-refractivity contribution < 1.29 is 14.3 Å². The molecule has 1 fully saturated rings. The van der Waals surface area contributed by atoms with Crippen LogP contribution in [-0.2, 0) is 9.53 Å². The van der Waals surface area contributed by atoms with E-state index in [9.17, 15) is 9.59 Å². The number of esters is 1. The van der Waals surface area contributed by atoms with Gasteiger partial charge in [0.05, 0.1) is 7.11 Å². The van der Waals surface area contributed by atoms with E-state index in [0.717, 1.165) is 32.4 Å². The van der Waals surface area contributed by atoms with Gasteiger partial charge in [0, 0.05) is 13.1 Å². The van der Waals surface area contributed by atoms with Gasteiger partial charge in [0.15, 0.2) is 0 Å². The van der Waals surface area contributed by atoms with Gasteiger partial charge in [-0.3, -0.25) is 0 Å². The number of amides is 2. The molecule has 1 rings (SSSR count). The van der Waals surface area contributed by atoms with Crippen LogP contribution < -0.4 is 5.32 Å². The molecular formula is C12H22N2O3. The maximum absolute atomic E-state index is 11.9. The second kappa shape index (κ2) is 6.47. The minimum absolute atomic E-state index is 0.0778. The monoisotopic (exact) mass is 242 g/mol. The van der Waals surface area contributed by atoms with Gasteiger partial charge in [0.1, 0.15) is 6.04 Å². The van der Waals surface area contributed by atoms with Crippen molar-refractivity contribution in [1.29, 1.82) is 0 Å². The first-order chi connectivity index (χ1) is 8.10. The third-order valence-corrected chi connectivity index (χ3v) is 3.34. The van der Waals surface area contributed by atoms with Crippen LogP contribution in [-0.4, -0.2) is 43.1 Å². The molecule has 0 aromatic carbocycles. The van der Waals surface area contributed by atoms with Crippen LogP contribution in [0, 0.1) is 5.92 Å². The molecule has 0 aromatic rings. The van der Waals surface area contributed by atoms with Crippen LogP contribution in [0.15, 0.2) is 0 Å². The Labute approximate surface area is 102 Å². The first-order valence-corrected chi connectivity index (χ1v) is 6.23. The molecule has 2 amide bonds. The molecule has 1 aliphatic heterocycles. The molecule has 0 bridgehead atoms. The van der Waals surface area contributed by atoms with Crippen LogP contribution in [0.1, 0.15) is 33.1 Å². The molecule has 0 aromatic heterocycles. The number of rotatable bonds is 4. The van der Waals surface area contributed by atoms with E-state index in [1.807, 2.05) is 13.8 Å². The van der Waals surface area contributed by atoms with Crippen molar-refractivity contribution in [2.45, 2.75) is 39.2 Å². The van der Waals surface area contributed by atoms with Crippen LogP contribution in [0.2, 0.25) is 0 Å². The fraction of sp³-hybridized carbons (Fsp3) is 0.833. The first-order valence-electron chi connectivity index (χ1n) is 6.23. The minimum Gasteiger partial charge on any atom is -0.467 e. The van der Waals surface area contributed by atoms with Crippen LogP contribution >= 0.6 is 0 Å². The molecule has 0 radical (unpaired) electrons. The number of urea groups is 1. The van der Waals surface area contributed by atoms with Crippen molar-refractivity contribution in [3.05, 3.63) is 0 Å². The largest absolute Gasteiger partial charge is 0.467 e. The lowest BCUT2D eigenvalue weighted by molar-refractivity contribution is -0.144. The van der Waals surface area contributed by atoms with E-state index in [-0.39, 0.29) is 17.9 Å². The van der Waals surface area contributed by atoms with Gasteiger partial charge in [-0.25, -0.2) is 9.59 Å². The van der Waals surface area contributed by atoms with E-state index in [2.05, 4.69) is 5.32 Å². The summed E-state index contributed by atoms with van der Waals surface area (Å²) in [6.07, 6.45) is 2.90. The normalized spacial score (nSPS) is 18.6. The lowest BCUT2D eigenvalue weighted by Gasteiger charge is -2.25. The summed E-state index contributed by atoms with van der Waals surface area (Å²) in [6, 6.07) is -0.698. The predicted molar refractivity (Wildman–Crippen MR) is 64.6 cm³/mol. The number of carbonyl (C=O) groups is 2. The Balaban J connectivity index is 2.58. The molecule has 1 heterocycles. The highest BCUT2D eigenvalue weighted by Gasteiger charge is 2.29. The number of ether oxygens (including phenoxy) is 1.